The van der Waals surface area contributed by atoms with Gasteiger partial charge >= 0.3 is 0 Å². The van der Waals surface area contributed by atoms with Crippen LogP contribution in [0, 0.1) is 0 Å². The molecule has 0 saturated carbocycles. The molecule has 2 nitrogen and oxygen atoms in total. The predicted molar refractivity (Wildman–Crippen MR) is 90.1 cm³/mol. The Bertz CT molecular complexity index is 566. The van der Waals surface area contributed by atoms with E-state index >= 15 is 0 Å². The van der Waals surface area contributed by atoms with Crippen molar-refractivity contribution in [3.8, 4) is 5.75 Å². The lowest BCUT2D eigenvalue weighted by molar-refractivity contribution is 0.475. The van der Waals surface area contributed by atoms with E-state index < -0.39 is 0 Å². The molecule has 0 fully saturated rings. The summed E-state index contributed by atoms with van der Waals surface area (Å²) in [4.78, 5) is 0. The topological polar surface area (TPSA) is 32.3 Å². The van der Waals surface area contributed by atoms with Gasteiger partial charge < -0.3 is 10.4 Å². The van der Waals surface area contributed by atoms with Crippen molar-refractivity contribution in [3.05, 3.63) is 58.6 Å². The second kappa shape index (κ2) is 7.94. The number of anilines is 1. The first-order valence-corrected chi connectivity index (χ1v) is 7.87. The van der Waals surface area contributed by atoms with E-state index in [1.54, 1.807) is 12.1 Å². The quantitative estimate of drug-likeness (QED) is 0.672. The largest absolute Gasteiger partial charge is 0.506 e. The Morgan fingerprint density at radius 3 is 2.38 bits per heavy atom. The fourth-order valence-corrected chi connectivity index (χ4v) is 2.44. The lowest BCUT2D eigenvalue weighted by atomic mass is 10.1. The minimum Gasteiger partial charge on any atom is -0.506 e. The fourth-order valence-electron chi connectivity index (χ4n) is 2.23. The van der Waals surface area contributed by atoms with Gasteiger partial charge in [-0.2, -0.15) is 0 Å². The van der Waals surface area contributed by atoms with E-state index in [2.05, 4.69) is 36.5 Å². The molecular weight excluding hydrogens is 282 g/mol. The Labute approximate surface area is 131 Å². The van der Waals surface area contributed by atoms with Gasteiger partial charge in [-0.25, -0.2) is 0 Å². The molecule has 0 aliphatic heterocycles. The van der Waals surface area contributed by atoms with Gasteiger partial charge in [0.1, 0.15) is 5.75 Å². The zero-order valence-electron chi connectivity index (χ0n) is 12.4. The zero-order chi connectivity index (χ0) is 15.1. The number of aryl methyl sites for hydroxylation is 1. The van der Waals surface area contributed by atoms with Crippen LogP contribution in [0.15, 0.2) is 42.5 Å². The number of phenols is 1. The minimum atomic E-state index is 0.122. The number of nitrogens with one attached hydrogen (secondary N) is 1. The van der Waals surface area contributed by atoms with Gasteiger partial charge in [0.15, 0.2) is 0 Å². The Morgan fingerprint density at radius 1 is 1.00 bits per heavy atom. The molecule has 0 spiro atoms. The van der Waals surface area contributed by atoms with Crippen LogP contribution in [-0.4, -0.2) is 5.11 Å². The van der Waals surface area contributed by atoms with Crippen molar-refractivity contribution >= 4 is 17.3 Å². The normalized spacial score (nSPS) is 10.6. The summed E-state index contributed by atoms with van der Waals surface area (Å²) >= 11 is 5.90. The van der Waals surface area contributed by atoms with Gasteiger partial charge in [-0.1, -0.05) is 49.6 Å². The molecule has 0 atom stereocenters. The van der Waals surface area contributed by atoms with Crippen LogP contribution in [0.2, 0.25) is 5.02 Å². The van der Waals surface area contributed by atoms with Gasteiger partial charge in [0.2, 0.25) is 0 Å². The summed E-state index contributed by atoms with van der Waals surface area (Å²) in [6, 6.07) is 13.9. The third kappa shape index (κ3) is 4.98. The highest BCUT2D eigenvalue weighted by molar-refractivity contribution is 6.32. The molecular formula is C18H22ClNO. The molecule has 2 aromatic carbocycles. The molecule has 0 saturated heterocycles. The molecule has 0 amide bonds. The number of rotatable bonds is 7. The Balaban J connectivity index is 1.86. The van der Waals surface area contributed by atoms with Crippen LogP contribution in [0.25, 0.3) is 0 Å². The van der Waals surface area contributed by atoms with Crippen LogP contribution in [0.4, 0.5) is 5.69 Å². The van der Waals surface area contributed by atoms with Gasteiger partial charge in [-0.3, -0.25) is 0 Å². The SMILES string of the molecule is CCCCCc1ccc(NCc2ccc(O)c(Cl)c2)cc1. The number of unbranched alkanes of at least 4 members (excludes halogenated alkanes) is 2. The van der Waals surface area contributed by atoms with Crippen molar-refractivity contribution in [2.75, 3.05) is 5.32 Å². The maximum atomic E-state index is 9.40. The number of hydrogen-bond acceptors (Lipinski definition) is 2. The maximum Gasteiger partial charge on any atom is 0.134 e. The third-order valence-corrected chi connectivity index (χ3v) is 3.83. The predicted octanol–water partition coefficient (Wildman–Crippen LogP) is 5.39. The highest BCUT2D eigenvalue weighted by Crippen LogP contribution is 2.24. The number of phenolic OH excluding ortho intramolecular Hbond substituents is 1. The smallest absolute Gasteiger partial charge is 0.134 e. The van der Waals surface area contributed by atoms with Crippen LogP contribution >= 0.6 is 11.6 Å². The summed E-state index contributed by atoms with van der Waals surface area (Å²) in [5.74, 6) is 0.122. The van der Waals surface area contributed by atoms with E-state index in [1.807, 2.05) is 6.07 Å². The highest BCUT2D eigenvalue weighted by Gasteiger charge is 2.00. The van der Waals surface area contributed by atoms with E-state index in [1.165, 1.54) is 24.8 Å². The van der Waals surface area contributed by atoms with E-state index in [4.69, 9.17) is 11.6 Å². The maximum absolute atomic E-state index is 9.40. The van der Waals surface area contributed by atoms with E-state index in [-0.39, 0.29) is 5.75 Å². The Hall–Kier alpha value is -1.67. The third-order valence-electron chi connectivity index (χ3n) is 3.53. The fraction of sp³-hybridized carbons (Fsp3) is 0.333. The number of hydrogen-bond donors (Lipinski definition) is 2. The van der Waals surface area contributed by atoms with E-state index in [0.29, 0.717) is 11.6 Å². The monoisotopic (exact) mass is 303 g/mol. The molecule has 3 heteroatoms. The molecule has 2 aromatic rings. The lowest BCUT2D eigenvalue weighted by Gasteiger charge is -2.08. The number of aromatic hydroxyl groups is 1. The highest BCUT2D eigenvalue weighted by atomic mass is 35.5. The Kier molecular flexibility index (Phi) is 5.94. The summed E-state index contributed by atoms with van der Waals surface area (Å²) in [6.45, 7) is 2.91. The van der Waals surface area contributed by atoms with Gasteiger partial charge in [0.05, 0.1) is 5.02 Å². The van der Waals surface area contributed by atoms with Crippen molar-refractivity contribution in [2.24, 2.45) is 0 Å². The van der Waals surface area contributed by atoms with Crippen molar-refractivity contribution in [3.63, 3.8) is 0 Å². The average molecular weight is 304 g/mol. The molecule has 0 bridgehead atoms. The van der Waals surface area contributed by atoms with Crippen molar-refractivity contribution < 1.29 is 5.11 Å². The van der Waals surface area contributed by atoms with Crippen molar-refractivity contribution in [1.29, 1.82) is 0 Å². The number of benzene rings is 2. The summed E-state index contributed by atoms with van der Waals surface area (Å²) in [6.07, 6.45) is 4.97. The lowest BCUT2D eigenvalue weighted by Crippen LogP contribution is -1.99. The van der Waals surface area contributed by atoms with Gasteiger partial charge in [-0.05, 0) is 48.2 Å². The average Bonchev–Trinajstić information content (AvgIpc) is 2.50. The summed E-state index contributed by atoms with van der Waals surface area (Å²) < 4.78 is 0. The first-order valence-electron chi connectivity index (χ1n) is 7.49. The summed E-state index contributed by atoms with van der Waals surface area (Å²) in [7, 11) is 0. The van der Waals surface area contributed by atoms with E-state index in [9.17, 15) is 5.11 Å². The molecule has 0 unspecified atom stereocenters. The second-order valence-electron chi connectivity index (χ2n) is 5.29. The molecule has 0 aromatic heterocycles. The minimum absolute atomic E-state index is 0.122. The Morgan fingerprint density at radius 2 is 1.71 bits per heavy atom. The zero-order valence-corrected chi connectivity index (χ0v) is 13.2. The number of halogens is 1. The molecule has 0 aliphatic rings. The molecule has 21 heavy (non-hydrogen) atoms. The summed E-state index contributed by atoms with van der Waals surface area (Å²) in [5.41, 5.74) is 3.53. The second-order valence-corrected chi connectivity index (χ2v) is 5.70. The molecule has 112 valence electrons. The first-order chi connectivity index (χ1) is 10.2. The molecule has 0 aliphatic carbocycles. The van der Waals surface area contributed by atoms with Crippen LogP contribution in [0.3, 0.4) is 0 Å². The van der Waals surface area contributed by atoms with Gasteiger partial charge in [0.25, 0.3) is 0 Å². The van der Waals surface area contributed by atoms with Gasteiger partial charge in [0, 0.05) is 12.2 Å². The van der Waals surface area contributed by atoms with Crippen LogP contribution in [-0.2, 0) is 13.0 Å². The molecule has 0 radical (unpaired) electrons. The van der Waals surface area contributed by atoms with Crippen LogP contribution in [0.1, 0.15) is 37.3 Å². The van der Waals surface area contributed by atoms with Crippen molar-refractivity contribution in [2.45, 2.75) is 39.2 Å². The standard InChI is InChI=1S/C18H22ClNO/c1-2-3-4-5-14-6-9-16(10-7-14)20-13-15-8-11-18(21)17(19)12-15/h6-12,20-21H,2-5,13H2,1H3. The first kappa shape index (κ1) is 15.7. The molecule has 2 N–H and O–H groups in total. The van der Waals surface area contributed by atoms with Crippen LogP contribution < -0.4 is 5.32 Å². The molecule has 2 rings (SSSR count). The summed E-state index contributed by atoms with van der Waals surface area (Å²) in [5, 5.41) is 13.1. The van der Waals surface area contributed by atoms with E-state index in [0.717, 1.165) is 17.7 Å². The van der Waals surface area contributed by atoms with Crippen LogP contribution in [0.5, 0.6) is 5.75 Å². The molecule has 0 heterocycles. The van der Waals surface area contributed by atoms with Gasteiger partial charge in [-0.15, -0.1) is 0 Å². The van der Waals surface area contributed by atoms with Crippen molar-refractivity contribution in [1.82, 2.24) is 0 Å².